The van der Waals surface area contributed by atoms with Crippen LogP contribution >= 0.6 is 0 Å². The van der Waals surface area contributed by atoms with E-state index in [9.17, 15) is 0 Å². The van der Waals surface area contributed by atoms with E-state index < -0.39 is 0 Å². The number of hydrogen-bond acceptors (Lipinski definition) is 2. The van der Waals surface area contributed by atoms with E-state index in [1.807, 2.05) is 18.5 Å². The number of aryl methyl sites for hydroxylation is 1. The number of nitrogens with one attached hydrogen (secondary N) is 1. The van der Waals surface area contributed by atoms with Crippen LogP contribution in [0.15, 0.2) is 43.2 Å². The monoisotopic (exact) mass is 275 g/mol. The molecule has 0 spiro atoms. The molecule has 2 aromatic heterocycles. The van der Waals surface area contributed by atoms with E-state index >= 15 is 0 Å². The fourth-order valence-electron chi connectivity index (χ4n) is 3.22. The second kappa shape index (κ2) is 4.48. The average molecular weight is 275 g/mol. The van der Waals surface area contributed by atoms with Gasteiger partial charge in [0.2, 0.25) is 0 Å². The van der Waals surface area contributed by atoms with Crippen LogP contribution in [-0.4, -0.2) is 9.55 Å². The molecule has 4 rings (SSSR count). The summed E-state index contributed by atoms with van der Waals surface area (Å²) >= 11 is 0. The molecule has 3 nitrogen and oxygen atoms in total. The van der Waals surface area contributed by atoms with Gasteiger partial charge in [-0.3, -0.25) is 4.98 Å². The van der Waals surface area contributed by atoms with E-state index in [4.69, 9.17) is 0 Å². The minimum absolute atomic E-state index is 0.946. The van der Waals surface area contributed by atoms with Crippen molar-refractivity contribution in [1.82, 2.24) is 14.9 Å². The molecule has 1 aliphatic rings. The minimum Gasteiger partial charge on any atom is -0.362 e. The summed E-state index contributed by atoms with van der Waals surface area (Å²) in [5, 5.41) is 4.41. The van der Waals surface area contributed by atoms with Crippen LogP contribution in [0.3, 0.4) is 0 Å². The molecule has 0 unspecified atom stereocenters. The highest BCUT2D eigenvalue weighted by Crippen LogP contribution is 2.35. The highest BCUT2D eigenvalue weighted by Gasteiger charge is 2.18. The molecular weight excluding hydrogens is 258 g/mol. The first-order chi connectivity index (χ1) is 10.3. The molecule has 0 saturated carbocycles. The molecule has 1 N–H and O–H groups in total. The molecule has 0 saturated heterocycles. The lowest BCUT2D eigenvalue weighted by Gasteiger charge is -2.16. The van der Waals surface area contributed by atoms with E-state index in [0.29, 0.717) is 0 Å². The second-order valence-electron chi connectivity index (χ2n) is 5.40. The average Bonchev–Trinajstić information content (AvgIpc) is 2.83. The Morgan fingerprint density at radius 2 is 2.14 bits per heavy atom. The van der Waals surface area contributed by atoms with E-state index in [2.05, 4.69) is 52.6 Å². The van der Waals surface area contributed by atoms with Crippen molar-refractivity contribution in [3.63, 3.8) is 0 Å². The lowest BCUT2D eigenvalue weighted by Crippen LogP contribution is -2.08. The number of rotatable bonds is 2. The van der Waals surface area contributed by atoms with Crippen LogP contribution in [0.5, 0.6) is 0 Å². The third-order valence-corrected chi connectivity index (χ3v) is 4.11. The number of hydrogen-bond donors (Lipinski definition) is 1. The van der Waals surface area contributed by atoms with Gasteiger partial charge >= 0.3 is 0 Å². The summed E-state index contributed by atoms with van der Waals surface area (Å²) in [5.41, 5.74) is 6.86. The molecule has 0 atom stereocenters. The van der Waals surface area contributed by atoms with Crippen molar-refractivity contribution in [3.05, 3.63) is 54.4 Å². The number of nitrogens with zero attached hydrogens (tertiary/aromatic N) is 2. The van der Waals surface area contributed by atoms with Crippen molar-refractivity contribution < 1.29 is 0 Å². The Kier molecular flexibility index (Phi) is 2.61. The highest BCUT2D eigenvalue weighted by atomic mass is 15.0. The van der Waals surface area contributed by atoms with E-state index in [1.165, 1.54) is 22.0 Å². The topological polar surface area (TPSA) is 29.9 Å². The number of pyridine rings is 1. The van der Waals surface area contributed by atoms with Crippen molar-refractivity contribution in [3.8, 4) is 0 Å². The van der Waals surface area contributed by atoms with Crippen LogP contribution < -0.4 is 5.32 Å². The normalized spacial score (nSPS) is 13.7. The van der Waals surface area contributed by atoms with Crippen molar-refractivity contribution in [2.24, 2.45) is 0 Å². The summed E-state index contributed by atoms with van der Waals surface area (Å²) < 4.78 is 2.37. The first-order valence-electron chi connectivity index (χ1n) is 7.33. The second-order valence-corrected chi connectivity index (χ2v) is 5.40. The van der Waals surface area contributed by atoms with Gasteiger partial charge in [-0.25, -0.2) is 0 Å². The molecule has 0 amide bonds. The molecule has 0 bridgehead atoms. The highest BCUT2D eigenvalue weighted by molar-refractivity contribution is 6.11. The summed E-state index contributed by atoms with van der Waals surface area (Å²) in [6, 6.07) is 8.51. The molecule has 0 radical (unpaired) electrons. The fourth-order valence-corrected chi connectivity index (χ4v) is 3.22. The Balaban J connectivity index is 2.21. The zero-order chi connectivity index (χ0) is 14.4. The first kappa shape index (κ1) is 12.2. The molecule has 3 heteroatoms. The van der Waals surface area contributed by atoms with Gasteiger partial charge in [-0.2, -0.15) is 0 Å². The van der Waals surface area contributed by atoms with E-state index in [0.717, 1.165) is 29.7 Å². The maximum Gasteiger partial charge on any atom is 0.0966 e. The predicted molar refractivity (Wildman–Crippen MR) is 88.7 cm³/mol. The van der Waals surface area contributed by atoms with Crippen molar-refractivity contribution in [1.29, 1.82) is 0 Å². The Morgan fingerprint density at radius 3 is 3.00 bits per heavy atom. The summed E-state index contributed by atoms with van der Waals surface area (Å²) in [7, 11) is 0. The number of fused-ring (bicyclic) bond motifs is 5. The summed E-state index contributed by atoms with van der Waals surface area (Å²) in [6.07, 6.45) is 7.05. The van der Waals surface area contributed by atoms with Gasteiger partial charge in [0, 0.05) is 35.6 Å². The zero-order valence-corrected chi connectivity index (χ0v) is 12.1. The lowest BCUT2D eigenvalue weighted by molar-refractivity contribution is 0.723. The first-order valence-corrected chi connectivity index (χ1v) is 7.33. The van der Waals surface area contributed by atoms with Gasteiger partial charge in [0.25, 0.3) is 0 Å². The molecular formula is C18H17N3. The van der Waals surface area contributed by atoms with Crippen molar-refractivity contribution in [2.45, 2.75) is 19.9 Å². The molecule has 0 aliphatic carbocycles. The molecule has 1 aromatic carbocycles. The summed E-state index contributed by atoms with van der Waals surface area (Å²) in [5.74, 6) is 0. The Morgan fingerprint density at radius 1 is 1.24 bits per heavy atom. The minimum atomic E-state index is 0.946. The van der Waals surface area contributed by atoms with Gasteiger partial charge in [0.05, 0.1) is 16.6 Å². The van der Waals surface area contributed by atoms with Crippen LogP contribution in [0.1, 0.15) is 24.5 Å². The molecule has 21 heavy (non-hydrogen) atoms. The summed E-state index contributed by atoms with van der Waals surface area (Å²) in [4.78, 5) is 4.64. The molecule has 3 heterocycles. The lowest BCUT2D eigenvalue weighted by atomic mass is 9.98. The molecule has 0 fully saturated rings. The third-order valence-electron chi connectivity index (χ3n) is 4.11. The third kappa shape index (κ3) is 1.64. The van der Waals surface area contributed by atoms with Gasteiger partial charge in [-0.15, -0.1) is 0 Å². The Hall–Kier alpha value is -2.55. The predicted octanol–water partition coefficient (Wildman–Crippen LogP) is 4.14. The van der Waals surface area contributed by atoms with Gasteiger partial charge in [0.15, 0.2) is 0 Å². The van der Waals surface area contributed by atoms with E-state index in [1.54, 1.807) is 0 Å². The SMILES string of the molecule is C=C1NC=Cc2c1ccc1c2c2ncccc2n1CCC. The Labute approximate surface area is 123 Å². The van der Waals surface area contributed by atoms with Gasteiger partial charge < -0.3 is 9.88 Å². The fraction of sp³-hybridized carbons (Fsp3) is 0.167. The van der Waals surface area contributed by atoms with Crippen LogP contribution in [0.4, 0.5) is 0 Å². The van der Waals surface area contributed by atoms with Crippen LogP contribution in [0.25, 0.3) is 33.7 Å². The molecule has 3 aromatic rings. The van der Waals surface area contributed by atoms with Crippen molar-refractivity contribution >= 4 is 33.7 Å². The van der Waals surface area contributed by atoms with E-state index in [-0.39, 0.29) is 0 Å². The standard InChI is InChI=1S/C18H17N3/c1-3-11-21-15-7-6-13-12(2)19-10-8-14(13)17(15)18-16(21)5-4-9-20-18/h4-10,19H,2-3,11H2,1H3. The quantitative estimate of drug-likeness (QED) is 0.761. The molecule has 104 valence electrons. The van der Waals surface area contributed by atoms with Gasteiger partial charge in [-0.1, -0.05) is 19.6 Å². The van der Waals surface area contributed by atoms with Gasteiger partial charge in [-0.05, 0) is 36.3 Å². The van der Waals surface area contributed by atoms with Crippen molar-refractivity contribution in [2.75, 3.05) is 0 Å². The van der Waals surface area contributed by atoms with Gasteiger partial charge in [0.1, 0.15) is 0 Å². The largest absolute Gasteiger partial charge is 0.362 e. The smallest absolute Gasteiger partial charge is 0.0966 e. The number of benzene rings is 1. The number of aromatic nitrogens is 2. The van der Waals surface area contributed by atoms with Crippen LogP contribution in [0, 0.1) is 0 Å². The maximum absolute atomic E-state index is 4.64. The maximum atomic E-state index is 4.64. The van der Waals surface area contributed by atoms with Crippen LogP contribution in [0.2, 0.25) is 0 Å². The Bertz CT molecular complexity index is 900. The zero-order valence-electron chi connectivity index (χ0n) is 12.1. The van der Waals surface area contributed by atoms with Crippen LogP contribution in [-0.2, 0) is 6.54 Å². The molecule has 1 aliphatic heterocycles. The summed E-state index contributed by atoms with van der Waals surface area (Å²) in [6.45, 7) is 7.31.